The number of fused-ring (bicyclic) bond motifs is 1. The third-order valence-electron chi connectivity index (χ3n) is 2.57. The molecule has 16 heavy (non-hydrogen) atoms. The first-order valence-electron chi connectivity index (χ1n) is 4.97. The summed E-state index contributed by atoms with van der Waals surface area (Å²) in [6.45, 7) is 1.64. The lowest BCUT2D eigenvalue weighted by molar-refractivity contribution is -0.141. The number of H-pyrrole nitrogens is 1. The van der Waals surface area contributed by atoms with Crippen molar-refractivity contribution in [3.05, 3.63) is 23.9 Å². The predicted octanol–water partition coefficient (Wildman–Crippen LogP) is 1.53. The number of hydrogen-bond donors (Lipinski definition) is 3. The van der Waals surface area contributed by atoms with Gasteiger partial charge in [0.05, 0.1) is 5.92 Å². The lowest BCUT2D eigenvalue weighted by atomic mass is 10.0. The van der Waals surface area contributed by atoms with Gasteiger partial charge in [-0.15, -0.1) is 0 Å². The number of carbonyl (C=O) groups is 1. The Morgan fingerprint density at radius 3 is 3.00 bits per heavy atom. The maximum Gasteiger partial charge on any atom is 0.306 e. The van der Waals surface area contributed by atoms with E-state index < -0.39 is 11.9 Å². The van der Waals surface area contributed by atoms with E-state index in [-0.39, 0.29) is 5.75 Å². The molecule has 0 saturated heterocycles. The van der Waals surface area contributed by atoms with E-state index >= 15 is 0 Å². The van der Waals surface area contributed by atoms with Gasteiger partial charge in [0.1, 0.15) is 11.3 Å². The van der Waals surface area contributed by atoms with Gasteiger partial charge in [0.15, 0.2) is 0 Å². The highest BCUT2D eigenvalue weighted by molar-refractivity contribution is 5.86. The Morgan fingerprint density at radius 1 is 1.56 bits per heavy atom. The third kappa shape index (κ3) is 1.71. The fraction of sp³-hybridized carbons (Fsp3) is 0.273. The topological polar surface area (TPSA) is 86.2 Å². The van der Waals surface area contributed by atoms with E-state index in [4.69, 9.17) is 5.11 Å². The fourth-order valence-electron chi connectivity index (χ4n) is 1.63. The van der Waals surface area contributed by atoms with Crippen molar-refractivity contribution in [3.63, 3.8) is 0 Å². The molecule has 1 heterocycles. The van der Waals surface area contributed by atoms with Gasteiger partial charge in [-0.3, -0.25) is 9.89 Å². The molecular weight excluding hydrogens is 208 g/mol. The van der Waals surface area contributed by atoms with E-state index in [9.17, 15) is 9.90 Å². The van der Waals surface area contributed by atoms with Gasteiger partial charge >= 0.3 is 5.97 Å². The number of phenols is 1. The number of nitrogens with one attached hydrogen (secondary N) is 1. The SMILES string of the molecule is CC(Cc1[nH]nc2c(O)cccc12)C(=O)O. The second-order valence-electron chi connectivity index (χ2n) is 3.82. The first-order chi connectivity index (χ1) is 7.59. The molecule has 1 aromatic heterocycles. The predicted molar refractivity (Wildman–Crippen MR) is 58.3 cm³/mol. The van der Waals surface area contributed by atoms with Crippen LogP contribution in [0.25, 0.3) is 10.9 Å². The molecule has 0 aliphatic carbocycles. The van der Waals surface area contributed by atoms with Crippen molar-refractivity contribution in [2.45, 2.75) is 13.3 Å². The van der Waals surface area contributed by atoms with Crippen LogP contribution in [-0.4, -0.2) is 26.4 Å². The average Bonchev–Trinajstić information content (AvgIpc) is 2.63. The number of hydrogen-bond acceptors (Lipinski definition) is 3. The van der Waals surface area contributed by atoms with Gasteiger partial charge in [-0.25, -0.2) is 0 Å². The van der Waals surface area contributed by atoms with Gasteiger partial charge in [-0.05, 0) is 6.07 Å². The first-order valence-corrected chi connectivity index (χ1v) is 4.97. The van der Waals surface area contributed by atoms with Crippen LogP contribution in [0.15, 0.2) is 18.2 Å². The van der Waals surface area contributed by atoms with Crippen molar-refractivity contribution in [1.29, 1.82) is 0 Å². The second kappa shape index (κ2) is 3.84. The zero-order valence-electron chi connectivity index (χ0n) is 8.77. The number of aliphatic carboxylic acids is 1. The van der Waals surface area contributed by atoms with Gasteiger partial charge in [0.2, 0.25) is 0 Å². The van der Waals surface area contributed by atoms with Crippen molar-refractivity contribution < 1.29 is 15.0 Å². The summed E-state index contributed by atoms with van der Waals surface area (Å²) < 4.78 is 0. The number of benzene rings is 1. The Kier molecular flexibility index (Phi) is 2.52. The van der Waals surface area contributed by atoms with Crippen LogP contribution >= 0.6 is 0 Å². The molecule has 5 nitrogen and oxygen atoms in total. The van der Waals surface area contributed by atoms with Crippen molar-refractivity contribution in [2.24, 2.45) is 5.92 Å². The lowest BCUT2D eigenvalue weighted by Crippen LogP contribution is -2.12. The van der Waals surface area contributed by atoms with Gasteiger partial charge in [0.25, 0.3) is 0 Å². The molecule has 0 spiro atoms. The smallest absolute Gasteiger partial charge is 0.306 e. The molecule has 1 atom stereocenters. The highest BCUT2D eigenvalue weighted by atomic mass is 16.4. The van der Waals surface area contributed by atoms with Crippen molar-refractivity contribution in [2.75, 3.05) is 0 Å². The monoisotopic (exact) mass is 220 g/mol. The number of aromatic amines is 1. The van der Waals surface area contributed by atoms with Crippen LogP contribution in [0.2, 0.25) is 0 Å². The number of nitrogens with zero attached hydrogens (tertiary/aromatic N) is 1. The summed E-state index contributed by atoms with van der Waals surface area (Å²) >= 11 is 0. The van der Waals surface area contributed by atoms with Crippen LogP contribution in [0, 0.1) is 5.92 Å². The molecule has 0 bridgehead atoms. The van der Waals surface area contributed by atoms with Gasteiger partial charge < -0.3 is 10.2 Å². The van der Waals surface area contributed by atoms with Crippen molar-refractivity contribution in [1.82, 2.24) is 10.2 Å². The number of rotatable bonds is 3. The Hall–Kier alpha value is -2.04. The number of phenolic OH excluding ortho intramolecular Hbond substituents is 1. The van der Waals surface area contributed by atoms with Gasteiger partial charge in [-0.1, -0.05) is 19.1 Å². The highest BCUT2D eigenvalue weighted by Crippen LogP contribution is 2.25. The highest BCUT2D eigenvalue weighted by Gasteiger charge is 2.16. The van der Waals surface area contributed by atoms with Crippen LogP contribution < -0.4 is 0 Å². The number of carboxylic acids is 1. The number of carboxylic acid groups (broad SMARTS) is 1. The maximum absolute atomic E-state index is 10.7. The molecule has 1 unspecified atom stereocenters. The van der Waals surface area contributed by atoms with Gasteiger partial charge in [0, 0.05) is 17.5 Å². The van der Waals surface area contributed by atoms with Crippen molar-refractivity contribution >= 4 is 16.9 Å². The van der Waals surface area contributed by atoms with Crippen molar-refractivity contribution in [3.8, 4) is 5.75 Å². The Labute approximate surface area is 91.7 Å². The minimum Gasteiger partial charge on any atom is -0.506 e. The van der Waals surface area contributed by atoms with E-state index in [0.717, 1.165) is 11.1 Å². The van der Waals surface area contributed by atoms with Gasteiger partial charge in [-0.2, -0.15) is 5.10 Å². The largest absolute Gasteiger partial charge is 0.506 e. The summed E-state index contributed by atoms with van der Waals surface area (Å²) in [5.74, 6) is -1.23. The Balaban J connectivity index is 2.39. The summed E-state index contributed by atoms with van der Waals surface area (Å²) in [6.07, 6.45) is 0.370. The molecule has 0 radical (unpaired) electrons. The summed E-state index contributed by atoms with van der Waals surface area (Å²) in [5.41, 5.74) is 1.22. The minimum absolute atomic E-state index is 0.1000. The van der Waals surface area contributed by atoms with E-state index in [2.05, 4.69) is 10.2 Å². The molecule has 0 fully saturated rings. The Bertz CT molecular complexity index is 533. The zero-order valence-corrected chi connectivity index (χ0v) is 8.77. The van der Waals surface area contributed by atoms with E-state index in [1.165, 1.54) is 0 Å². The van der Waals surface area contributed by atoms with E-state index in [0.29, 0.717) is 11.9 Å². The minimum atomic E-state index is -0.845. The van der Waals surface area contributed by atoms with Crippen LogP contribution in [0.4, 0.5) is 0 Å². The summed E-state index contributed by atoms with van der Waals surface area (Å²) in [7, 11) is 0. The molecule has 2 aromatic rings. The van der Waals surface area contributed by atoms with Crippen LogP contribution in [-0.2, 0) is 11.2 Å². The molecule has 84 valence electrons. The maximum atomic E-state index is 10.7. The molecule has 0 aliphatic rings. The normalized spacial score (nSPS) is 12.8. The fourth-order valence-corrected chi connectivity index (χ4v) is 1.63. The van der Waals surface area contributed by atoms with Crippen LogP contribution in [0.5, 0.6) is 5.75 Å². The number of para-hydroxylation sites is 1. The third-order valence-corrected chi connectivity index (χ3v) is 2.57. The molecule has 0 amide bonds. The number of aromatic nitrogens is 2. The van der Waals surface area contributed by atoms with Crippen LogP contribution in [0.1, 0.15) is 12.6 Å². The standard InChI is InChI=1S/C11H12N2O3/c1-6(11(15)16)5-8-7-3-2-4-9(14)10(7)13-12-8/h2-4,6,14H,5H2,1H3,(H,12,13)(H,15,16). The Morgan fingerprint density at radius 2 is 2.31 bits per heavy atom. The quantitative estimate of drug-likeness (QED) is 0.732. The lowest BCUT2D eigenvalue weighted by Gasteiger charge is -2.03. The molecule has 1 aromatic carbocycles. The molecule has 2 rings (SSSR count). The van der Waals surface area contributed by atoms with E-state index in [1.54, 1.807) is 19.1 Å². The van der Waals surface area contributed by atoms with E-state index in [1.807, 2.05) is 6.07 Å². The van der Waals surface area contributed by atoms with Crippen LogP contribution in [0.3, 0.4) is 0 Å². The molecule has 0 saturated carbocycles. The molecular formula is C11H12N2O3. The summed E-state index contributed by atoms with van der Waals surface area (Å²) in [5, 5.41) is 25.9. The first kappa shape index (κ1) is 10.5. The number of aromatic hydroxyl groups is 1. The zero-order chi connectivity index (χ0) is 11.7. The molecule has 5 heteroatoms. The molecule has 0 aliphatic heterocycles. The molecule has 3 N–H and O–H groups in total. The second-order valence-corrected chi connectivity index (χ2v) is 3.82. The summed E-state index contributed by atoms with van der Waals surface area (Å²) in [4.78, 5) is 10.7. The average molecular weight is 220 g/mol. The summed E-state index contributed by atoms with van der Waals surface area (Å²) in [6, 6.07) is 5.07.